The first-order valence-electron chi connectivity index (χ1n) is 5.00. The number of rotatable bonds is 4. The molecule has 1 aromatic carbocycles. The number of benzene rings is 1. The number of nitrogen functional groups attached to an aromatic ring is 1. The number of halogens is 1. The quantitative estimate of drug-likeness (QED) is 0.797. The van der Waals surface area contributed by atoms with E-state index in [-0.39, 0.29) is 0 Å². The van der Waals surface area contributed by atoms with Crippen molar-refractivity contribution < 1.29 is 0 Å². The molecule has 2 rings (SSSR count). The van der Waals surface area contributed by atoms with E-state index in [1.54, 1.807) is 0 Å². The number of hydrogen-bond acceptors (Lipinski definition) is 3. The molecular formula is C11H15ClN2S. The van der Waals surface area contributed by atoms with E-state index in [1.165, 1.54) is 12.8 Å². The highest BCUT2D eigenvalue weighted by Crippen LogP contribution is 2.47. The lowest BCUT2D eigenvalue weighted by Gasteiger charge is -2.16. The number of thioether (sulfide) groups is 1. The lowest BCUT2D eigenvalue weighted by molar-refractivity contribution is 0.950. The Morgan fingerprint density at radius 3 is 2.80 bits per heavy atom. The Morgan fingerprint density at radius 1 is 1.53 bits per heavy atom. The molecule has 0 saturated heterocycles. The molecule has 0 atom stereocenters. The second kappa shape index (κ2) is 4.14. The van der Waals surface area contributed by atoms with Gasteiger partial charge in [-0.2, -0.15) is 11.8 Å². The van der Waals surface area contributed by atoms with Crippen LogP contribution < -0.4 is 11.1 Å². The molecule has 3 N–H and O–H groups in total. The molecule has 0 amide bonds. The van der Waals surface area contributed by atoms with Gasteiger partial charge in [-0.15, -0.1) is 0 Å². The Kier molecular flexibility index (Phi) is 3.03. The fourth-order valence-corrected chi connectivity index (χ4v) is 2.54. The highest BCUT2D eigenvalue weighted by molar-refractivity contribution is 8.00. The SMILES string of the molecule is CSC1(CNc2c(N)cccc2Cl)CC1. The Morgan fingerprint density at radius 2 is 2.27 bits per heavy atom. The molecular weight excluding hydrogens is 228 g/mol. The van der Waals surface area contributed by atoms with E-state index in [4.69, 9.17) is 17.3 Å². The molecule has 0 radical (unpaired) electrons. The lowest BCUT2D eigenvalue weighted by Crippen LogP contribution is -2.18. The first-order valence-corrected chi connectivity index (χ1v) is 6.60. The van der Waals surface area contributed by atoms with Crippen LogP contribution in [0.4, 0.5) is 11.4 Å². The van der Waals surface area contributed by atoms with Gasteiger partial charge in [0.2, 0.25) is 0 Å². The van der Waals surface area contributed by atoms with E-state index in [9.17, 15) is 0 Å². The van der Waals surface area contributed by atoms with Gasteiger partial charge in [-0.3, -0.25) is 0 Å². The third-order valence-electron chi connectivity index (χ3n) is 2.87. The second-order valence-electron chi connectivity index (χ2n) is 3.94. The van der Waals surface area contributed by atoms with Gasteiger partial charge in [0.15, 0.2) is 0 Å². The average Bonchev–Trinajstić information content (AvgIpc) is 2.98. The Balaban J connectivity index is 2.05. The summed E-state index contributed by atoms with van der Waals surface area (Å²) < 4.78 is 0.422. The lowest BCUT2D eigenvalue weighted by atomic mass is 10.2. The van der Waals surface area contributed by atoms with E-state index in [0.717, 1.165) is 17.9 Å². The van der Waals surface area contributed by atoms with Crippen LogP contribution in [-0.2, 0) is 0 Å². The molecule has 0 aliphatic heterocycles. The molecule has 1 aliphatic rings. The van der Waals surface area contributed by atoms with Gasteiger partial charge in [0.05, 0.1) is 16.4 Å². The summed E-state index contributed by atoms with van der Waals surface area (Å²) >= 11 is 8.00. The zero-order chi connectivity index (χ0) is 10.9. The molecule has 0 unspecified atom stereocenters. The molecule has 1 aromatic rings. The minimum absolute atomic E-state index is 0.422. The summed E-state index contributed by atoms with van der Waals surface area (Å²) in [6.07, 6.45) is 4.72. The van der Waals surface area contributed by atoms with Gasteiger partial charge in [0.1, 0.15) is 0 Å². The van der Waals surface area contributed by atoms with Crippen LogP contribution in [0.2, 0.25) is 5.02 Å². The zero-order valence-electron chi connectivity index (χ0n) is 8.72. The predicted molar refractivity (Wildman–Crippen MR) is 69.8 cm³/mol. The first kappa shape index (κ1) is 11.0. The second-order valence-corrected chi connectivity index (χ2v) is 5.63. The summed E-state index contributed by atoms with van der Waals surface area (Å²) in [4.78, 5) is 0. The van der Waals surface area contributed by atoms with Gasteiger partial charge in [0.25, 0.3) is 0 Å². The number of nitrogens with two attached hydrogens (primary N) is 1. The molecule has 0 spiro atoms. The van der Waals surface area contributed by atoms with Crippen molar-refractivity contribution in [3.63, 3.8) is 0 Å². The van der Waals surface area contributed by atoms with E-state index < -0.39 is 0 Å². The minimum Gasteiger partial charge on any atom is -0.397 e. The highest BCUT2D eigenvalue weighted by atomic mass is 35.5. The summed E-state index contributed by atoms with van der Waals surface area (Å²) in [6.45, 7) is 0.947. The van der Waals surface area contributed by atoms with Crippen molar-refractivity contribution >= 4 is 34.7 Å². The molecule has 0 bridgehead atoms. The highest BCUT2D eigenvalue weighted by Gasteiger charge is 2.41. The summed E-state index contributed by atoms with van der Waals surface area (Å²) in [7, 11) is 0. The fourth-order valence-electron chi connectivity index (χ4n) is 1.57. The summed E-state index contributed by atoms with van der Waals surface area (Å²) in [5.41, 5.74) is 7.46. The van der Waals surface area contributed by atoms with Gasteiger partial charge in [-0.1, -0.05) is 17.7 Å². The van der Waals surface area contributed by atoms with E-state index in [1.807, 2.05) is 30.0 Å². The van der Waals surface area contributed by atoms with Crippen LogP contribution in [0.3, 0.4) is 0 Å². The van der Waals surface area contributed by atoms with Crippen molar-refractivity contribution in [2.75, 3.05) is 23.9 Å². The third kappa shape index (κ3) is 2.34. The monoisotopic (exact) mass is 242 g/mol. The maximum Gasteiger partial charge on any atom is 0.0763 e. The average molecular weight is 243 g/mol. The van der Waals surface area contributed by atoms with E-state index in [2.05, 4.69) is 11.6 Å². The largest absolute Gasteiger partial charge is 0.397 e. The van der Waals surface area contributed by atoms with Crippen molar-refractivity contribution in [3.05, 3.63) is 23.2 Å². The Hall–Kier alpha value is -0.540. The summed E-state index contributed by atoms with van der Waals surface area (Å²) in [5, 5.41) is 4.06. The van der Waals surface area contributed by atoms with Gasteiger partial charge < -0.3 is 11.1 Å². The predicted octanol–water partition coefficient (Wildman–Crippen LogP) is 3.23. The normalized spacial score (nSPS) is 17.5. The summed E-state index contributed by atoms with van der Waals surface area (Å²) in [6, 6.07) is 5.59. The van der Waals surface area contributed by atoms with E-state index >= 15 is 0 Å². The van der Waals surface area contributed by atoms with Gasteiger partial charge in [-0.05, 0) is 31.2 Å². The number of nitrogens with one attached hydrogen (secondary N) is 1. The van der Waals surface area contributed by atoms with E-state index in [0.29, 0.717) is 9.77 Å². The molecule has 0 aromatic heterocycles. The number of anilines is 2. The van der Waals surface area contributed by atoms with Crippen LogP contribution in [0.1, 0.15) is 12.8 Å². The van der Waals surface area contributed by atoms with Gasteiger partial charge >= 0.3 is 0 Å². The van der Waals surface area contributed by atoms with Crippen molar-refractivity contribution in [3.8, 4) is 0 Å². The van der Waals surface area contributed by atoms with Crippen LogP contribution in [0.5, 0.6) is 0 Å². The van der Waals surface area contributed by atoms with Crippen LogP contribution in [0.25, 0.3) is 0 Å². The molecule has 1 fully saturated rings. The minimum atomic E-state index is 0.422. The van der Waals surface area contributed by atoms with Gasteiger partial charge in [0, 0.05) is 11.3 Å². The molecule has 1 aliphatic carbocycles. The van der Waals surface area contributed by atoms with Crippen molar-refractivity contribution in [2.24, 2.45) is 0 Å². The molecule has 4 heteroatoms. The molecule has 2 nitrogen and oxygen atoms in total. The Bertz CT molecular complexity index is 343. The molecule has 82 valence electrons. The third-order valence-corrected chi connectivity index (χ3v) is 4.61. The first-order chi connectivity index (χ1) is 7.17. The topological polar surface area (TPSA) is 38.0 Å². The fraction of sp³-hybridized carbons (Fsp3) is 0.455. The Labute approximate surface area is 99.6 Å². The van der Waals surface area contributed by atoms with Crippen molar-refractivity contribution in [1.29, 1.82) is 0 Å². The van der Waals surface area contributed by atoms with Crippen molar-refractivity contribution in [1.82, 2.24) is 0 Å². The molecule has 15 heavy (non-hydrogen) atoms. The number of para-hydroxylation sites is 1. The van der Waals surface area contributed by atoms with Crippen LogP contribution in [-0.4, -0.2) is 17.5 Å². The molecule has 1 saturated carbocycles. The zero-order valence-corrected chi connectivity index (χ0v) is 10.3. The summed E-state index contributed by atoms with van der Waals surface area (Å²) in [5.74, 6) is 0. The number of hydrogen-bond donors (Lipinski definition) is 2. The maximum atomic E-state index is 6.07. The molecule has 0 heterocycles. The van der Waals surface area contributed by atoms with Gasteiger partial charge in [-0.25, -0.2) is 0 Å². The smallest absolute Gasteiger partial charge is 0.0763 e. The van der Waals surface area contributed by atoms with Crippen molar-refractivity contribution in [2.45, 2.75) is 17.6 Å². The standard InChI is InChI=1S/C11H15ClN2S/c1-15-11(5-6-11)7-14-10-8(12)3-2-4-9(10)13/h2-4,14H,5-7,13H2,1H3. The van der Waals surface area contributed by atoms with Crippen LogP contribution in [0.15, 0.2) is 18.2 Å². The van der Waals surface area contributed by atoms with Crippen LogP contribution in [0, 0.1) is 0 Å². The van der Waals surface area contributed by atoms with Crippen LogP contribution >= 0.6 is 23.4 Å². The maximum absolute atomic E-state index is 6.07.